The maximum atomic E-state index is 9.92. The highest BCUT2D eigenvalue weighted by atomic mass is 16.4. The molecule has 0 aliphatic heterocycles. The van der Waals surface area contributed by atoms with Gasteiger partial charge in [0.15, 0.2) is 0 Å². The lowest BCUT2D eigenvalue weighted by molar-refractivity contribution is -0.868. The summed E-state index contributed by atoms with van der Waals surface area (Å²) >= 11 is 0. The van der Waals surface area contributed by atoms with Gasteiger partial charge in [-0.1, -0.05) is 32.6 Å². The predicted octanol–water partition coefficient (Wildman–Crippen LogP) is 1.81. The van der Waals surface area contributed by atoms with Gasteiger partial charge < -0.3 is 14.4 Å². The van der Waals surface area contributed by atoms with Crippen molar-refractivity contribution in [3.05, 3.63) is 0 Å². The van der Waals surface area contributed by atoms with E-state index in [2.05, 4.69) is 35.0 Å². The van der Waals surface area contributed by atoms with Gasteiger partial charge in [-0.3, -0.25) is 0 Å². The van der Waals surface area contributed by atoms with Crippen LogP contribution in [0.1, 0.15) is 52.4 Å². The van der Waals surface area contributed by atoms with Crippen molar-refractivity contribution in [1.82, 2.24) is 0 Å². The summed E-state index contributed by atoms with van der Waals surface area (Å²) in [4.78, 5) is 9.92. The van der Waals surface area contributed by atoms with Crippen LogP contribution in [0.2, 0.25) is 0 Å². The van der Waals surface area contributed by atoms with Crippen LogP contribution >= 0.6 is 0 Å². The number of unbranched alkanes of at least 4 members (excludes halogenated alkanes) is 4. The topological polar surface area (TPSA) is 40.1 Å². The summed E-state index contributed by atoms with van der Waals surface area (Å²) < 4.78 is 1.07. The molecule has 3 nitrogen and oxygen atoms in total. The molecule has 0 heterocycles. The first-order valence-corrected chi connectivity index (χ1v) is 6.33. The molecule has 98 valence electrons. The Morgan fingerprint density at radius 1 is 1.00 bits per heavy atom. The molecule has 0 aromatic rings. The molecular weight excluding hydrogens is 202 g/mol. The van der Waals surface area contributed by atoms with Gasteiger partial charge >= 0.3 is 0 Å². The van der Waals surface area contributed by atoms with Gasteiger partial charge in [0.1, 0.15) is 0 Å². The quantitative estimate of drug-likeness (QED) is 0.495. The average Bonchev–Trinajstić information content (AvgIpc) is 2.17. The fourth-order valence-electron chi connectivity index (χ4n) is 0.873. The van der Waals surface area contributed by atoms with Gasteiger partial charge in [0.05, 0.1) is 27.7 Å². The van der Waals surface area contributed by atoms with E-state index in [1.165, 1.54) is 19.4 Å². The van der Waals surface area contributed by atoms with E-state index >= 15 is 0 Å². The Morgan fingerprint density at radius 3 is 1.75 bits per heavy atom. The third-order valence-electron chi connectivity index (χ3n) is 2.43. The molecule has 0 aromatic heterocycles. The van der Waals surface area contributed by atoms with Crippen LogP contribution in [0, 0.1) is 0 Å². The van der Waals surface area contributed by atoms with Gasteiger partial charge in [0.2, 0.25) is 0 Å². The molecule has 0 bridgehead atoms. The molecule has 0 aromatic carbocycles. The van der Waals surface area contributed by atoms with Crippen molar-refractivity contribution in [3.63, 3.8) is 0 Å². The van der Waals surface area contributed by atoms with E-state index in [9.17, 15) is 9.90 Å². The highest BCUT2D eigenvalue weighted by Crippen LogP contribution is 2.03. The summed E-state index contributed by atoms with van der Waals surface area (Å²) in [6.07, 6.45) is 5.61. The van der Waals surface area contributed by atoms with Gasteiger partial charge in [0.25, 0.3) is 0 Å². The molecule has 0 unspecified atom stereocenters. The molecule has 0 radical (unpaired) electrons. The third kappa shape index (κ3) is 23.3. The standard InChI is InChI=1S/C8H16O2.C5H14N/c1-2-3-4-5-6-7-8(9)10;1-5-6(2,3)4/h2-7H2,1H3,(H,9,10);5H2,1-4H3/q;+1/p-1. The lowest BCUT2D eigenvalue weighted by Crippen LogP contribution is -2.33. The second kappa shape index (κ2) is 10.9. The van der Waals surface area contributed by atoms with Gasteiger partial charge in [-0.2, -0.15) is 0 Å². The fraction of sp³-hybridized carbons (Fsp3) is 0.923. The highest BCUT2D eigenvalue weighted by molar-refractivity contribution is 5.63. The number of carboxylic acid groups (broad SMARTS) is 1. The van der Waals surface area contributed by atoms with Crippen molar-refractivity contribution < 1.29 is 14.4 Å². The minimum absolute atomic E-state index is 0.226. The molecule has 0 fully saturated rings. The summed E-state index contributed by atoms with van der Waals surface area (Å²) in [5, 5.41) is 9.92. The lowest BCUT2D eigenvalue weighted by Gasteiger charge is -2.20. The zero-order valence-corrected chi connectivity index (χ0v) is 11.7. The molecule has 0 saturated carbocycles. The Bertz CT molecular complexity index is 162. The molecule has 0 N–H and O–H groups in total. The van der Waals surface area contributed by atoms with Crippen LogP contribution < -0.4 is 5.11 Å². The van der Waals surface area contributed by atoms with Crippen LogP contribution in [0.15, 0.2) is 0 Å². The van der Waals surface area contributed by atoms with E-state index in [1.807, 2.05) is 0 Å². The zero-order chi connectivity index (χ0) is 13.0. The van der Waals surface area contributed by atoms with Gasteiger partial charge in [-0.15, -0.1) is 0 Å². The molecule has 0 aliphatic rings. The average molecular weight is 231 g/mol. The number of nitrogens with zero attached hydrogens (tertiary/aromatic N) is 1. The third-order valence-corrected chi connectivity index (χ3v) is 2.43. The number of rotatable bonds is 7. The number of carbonyl (C=O) groups is 1. The first-order chi connectivity index (χ1) is 7.33. The van der Waals surface area contributed by atoms with Crippen LogP contribution in [0.5, 0.6) is 0 Å². The van der Waals surface area contributed by atoms with E-state index in [0.29, 0.717) is 0 Å². The number of aliphatic carboxylic acids is 1. The highest BCUT2D eigenvalue weighted by Gasteiger charge is 1.97. The first-order valence-electron chi connectivity index (χ1n) is 6.33. The minimum Gasteiger partial charge on any atom is -0.550 e. The first kappa shape index (κ1) is 17.8. The van der Waals surface area contributed by atoms with Crippen LogP contribution in [0.3, 0.4) is 0 Å². The molecule has 0 spiro atoms. The van der Waals surface area contributed by atoms with Crippen molar-refractivity contribution in [1.29, 1.82) is 0 Å². The summed E-state index contributed by atoms with van der Waals surface area (Å²) in [7, 11) is 6.54. The molecule has 0 aliphatic carbocycles. The van der Waals surface area contributed by atoms with E-state index in [1.54, 1.807) is 0 Å². The number of quaternary nitrogens is 1. The Kier molecular flexibility index (Phi) is 12.2. The largest absolute Gasteiger partial charge is 0.550 e. The van der Waals surface area contributed by atoms with Gasteiger partial charge in [-0.25, -0.2) is 0 Å². The zero-order valence-electron chi connectivity index (χ0n) is 11.7. The van der Waals surface area contributed by atoms with E-state index in [4.69, 9.17) is 0 Å². The van der Waals surface area contributed by atoms with Crippen LogP contribution in [-0.2, 0) is 4.79 Å². The van der Waals surface area contributed by atoms with Crippen LogP contribution in [0.25, 0.3) is 0 Å². The van der Waals surface area contributed by atoms with Crippen molar-refractivity contribution >= 4 is 5.97 Å². The number of carbonyl (C=O) groups excluding carboxylic acids is 1. The predicted molar refractivity (Wildman–Crippen MR) is 67.0 cm³/mol. The summed E-state index contributed by atoms with van der Waals surface area (Å²) in [5.74, 6) is -0.920. The molecule has 0 rings (SSSR count). The van der Waals surface area contributed by atoms with E-state index in [-0.39, 0.29) is 6.42 Å². The molecule has 0 atom stereocenters. The Hall–Kier alpha value is -0.570. The Labute approximate surface area is 101 Å². The van der Waals surface area contributed by atoms with E-state index in [0.717, 1.165) is 23.7 Å². The normalized spacial score (nSPS) is 10.6. The second-order valence-corrected chi connectivity index (χ2v) is 5.14. The summed E-state index contributed by atoms with van der Waals surface area (Å²) in [6.45, 7) is 5.53. The van der Waals surface area contributed by atoms with E-state index < -0.39 is 5.97 Å². The van der Waals surface area contributed by atoms with Crippen molar-refractivity contribution in [3.8, 4) is 0 Å². The molecule has 3 heteroatoms. The maximum Gasteiger partial charge on any atom is 0.0751 e. The molecule has 0 saturated heterocycles. The van der Waals surface area contributed by atoms with Crippen molar-refractivity contribution in [2.45, 2.75) is 52.4 Å². The van der Waals surface area contributed by atoms with Gasteiger partial charge in [0, 0.05) is 5.97 Å². The molecule has 16 heavy (non-hydrogen) atoms. The Balaban J connectivity index is 0. The smallest absolute Gasteiger partial charge is 0.0751 e. The summed E-state index contributed by atoms with van der Waals surface area (Å²) in [5.41, 5.74) is 0. The fourth-order valence-corrected chi connectivity index (χ4v) is 0.873. The Morgan fingerprint density at radius 2 is 1.44 bits per heavy atom. The number of hydrogen-bond donors (Lipinski definition) is 0. The number of carboxylic acids is 1. The van der Waals surface area contributed by atoms with Crippen LogP contribution in [0.4, 0.5) is 0 Å². The number of hydrogen-bond acceptors (Lipinski definition) is 2. The minimum atomic E-state index is -0.920. The summed E-state index contributed by atoms with van der Waals surface area (Å²) in [6, 6.07) is 0. The monoisotopic (exact) mass is 231 g/mol. The molecular formula is C13H29NO2. The van der Waals surface area contributed by atoms with Crippen molar-refractivity contribution in [2.24, 2.45) is 0 Å². The SMILES string of the molecule is CCCCCCCC(=O)[O-].CC[N+](C)(C)C. The second-order valence-electron chi connectivity index (χ2n) is 5.14. The maximum absolute atomic E-state index is 9.92. The van der Waals surface area contributed by atoms with Gasteiger partial charge in [-0.05, 0) is 19.8 Å². The molecule has 0 amide bonds. The lowest BCUT2D eigenvalue weighted by atomic mass is 10.1. The van der Waals surface area contributed by atoms with Crippen molar-refractivity contribution in [2.75, 3.05) is 27.7 Å². The van der Waals surface area contributed by atoms with Crippen LogP contribution in [-0.4, -0.2) is 38.1 Å².